The van der Waals surface area contributed by atoms with E-state index in [0.29, 0.717) is 29.2 Å². The molecule has 4 N–H and O–H groups in total. The average Bonchev–Trinajstić information content (AvgIpc) is 2.79. The van der Waals surface area contributed by atoms with E-state index < -0.39 is 32.9 Å². The summed E-state index contributed by atoms with van der Waals surface area (Å²) in [5.41, 5.74) is -0.211. The summed E-state index contributed by atoms with van der Waals surface area (Å²) >= 11 is 9.24. The van der Waals surface area contributed by atoms with Crippen LogP contribution in [0.25, 0.3) is 0 Å². The third-order valence-electron chi connectivity index (χ3n) is 4.93. The van der Waals surface area contributed by atoms with Gasteiger partial charge in [0, 0.05) is 16.1 Å². The molecule has 9 nitrogen and oxygen atoms in total. The Morgan fingerprint density at radius 3 is 2.51 bits per heavy atom. The van der Waals surface area contributed by atoms with E-state index in [1.807, 2.05) is 0 Å². The van der Waals surface area contributed by atoms with Crippen LogP contribution < -0.4 is 19.5 Å². The molecule has 0 spiro atoms. The van der Waals surface area contributed by atoms with Crippen molar-refractivity contribution in [1.82, 2.24) is 0 Å². The number of ether oxygens (including phenoxy) is 2. The Balaban J connectivity index is 1.64. The summed E-state index contributed by atoms with van der Waals surface area (Å²) in [6, 6.07) is 10.2. The Labute approximate surface area is 212 Å². The highest BCUT2D eigenvalue weighted by Gasteiger charge is 2.25. The Bertz CT molecular complexity index is 1420. The summed E-state index contributed by atoms with van der Waals surface area (Å²) < 4.78 is 54.2. The molecule has 0 aromatic heterocycles. The van der Waals surface area contributed by atoms with Gasteiger partial charge in [-0.15, -0.1) is 0 Å². The van der Waals surface area contributed by atoms with Crippen molar-refractivity contribution in [1.29, 1.82) is 0 Å². The number of sulfonamides is 1. The number of rotatable bonds is 7. The molecule has 0 bridgehead atoms. The highest BCUT2D eigenvalue weighted by molar-refractivity contribution is 9.10. The number of nitrogens with one attached hydrogen (secondary N) is 2. The first-order valence-electron chi connectivity index (χ1n) is 9.94. The summed E-state index contributed by atoms with van der Waals surface area (Å²) in [6.45, 7) is 0.659. The molecule has 35 heavy (non-hydrogen) atoms. The molecule has 3 aromatic carbocycles. The molecule has 1 aliphatic heterocycles. The molecule has 0 saturated heterocycles. The Morgan fingerprint density at radius 1 is 1.09 bits per heavy atom. The van der Waals surface area contributed by atoms with Crippen LogP contribution in [-0.2, 0) is 10.0 Å². The number of fused-ring (bicyclic) bond motifs is 1. The van der Waals surface area contributed by atoms with Crippen LogP contribution in [-0.4, -0.2) is 37.8 Å². The fraction of sp³-hybridized carbons (Fsp3) is 0.136. The molecular formula is C22H17BrClFN2O7S. The minimum Gasteiger partial charge on any atom is -0.486 e. The van der Waals surface area contributed by atoms with Gasteiger partial charge in [-0.2, -0.15) is 0 Å². The van der Waals surface area contributed by atoms with Gasteiger partial charge in [0.25, 0.3) is 10.0 Å². The number of halogens is 3. The summed E-state index contributed by atoms with van der Waals surface area (Å²) in [5, 5.41) is 22.4. The van der Waals surface area contributed by atoms with Gasteiger partial charge in [0.15, 0.2) is 17.7 Å². The van der Waals surface area contributed by atoms with Crippen molar-refractivity contribution in [2.24, 2.45) is 0 Å². The minimum absolute atomic E-state index is 0.0346. The highest BCUT2D eigenvalue weighted by atomic mass is 79.9. The van der Waals surface area contributed by atoms with E-state index in [1.54, 1.807) is 6.07 Å². The second-order valence-electron chi connectivity index (χ2n) is 7.31. The van der Waals surface area contributed by atoms with Crippen molar-refractivity contribution < 1.29 is 37.3 Å². The molecule has 0 fully saturated rings. The van der Waals surface area contributed by atoms with Gasteiger partial charge in [-0.1, -0.05) is 27.5 Å². The molecule has 0 radical (unpaired) electrons. The molecule has 4 rings (SSSR count). The third kappa shape index (κ3) is 5.45. The SMILES string of the molecule is O=C(O)c1cc(Br)ccc1NC(O)c1cc(S(=O)(=O)Nc2ccc3c(c2)OCCO3)c(F)cc1Cl. The molecule has 0 saturated carbocycles. The normalized spacial score (nSPS) is 13.7. The number of carboxylic acid groups (broad SMARTS) is 1. The van der Waals surface area contributed by atoms with Crippen LogP contribution in [0.2, 0.25) is 5.02 Å². The van der Waals surface area contributed by atoms with Crippen LogP contribution in [0, 0.1) is 5.82 Å². The maximum Gasteiger partial charge on any atom is 0.337 e. The zero-order valence-corrected chi connectivity index (χ0v) is 20.7. The number of anilines is 2. The van der Waals surface area contributed by atoms with Crippen LogP contribution in [0.1, 0.15) is 22.1 Å². The summed E-state index contributed by atoms with van der Waals surface area (Å²) in [5.74, 6) is -1.64. The van der Waals surface area contributed by atoms with E-state index in [9.17, 15) is 27.8 Å². The van der Waals surface area contributed by atoms with E-state index in [0.717, 1.165) is 12.1 Å². The first-order chi connectivity index (χ1) is 16.5. The van der Waals surface area contributed by atoms with Crippen molar-refractivity contribution in [3.8, 4) is 11.5 Å². The molecule has 13 heteroatoms. The van der Waals surface area contributed by atoms with E-state index in [2.05, 4.69) is 26.0 Å². The van der Waals surface area contributed by atoms with Crippen molar-refractivity contribution in [2.45, 2.75) is 11.1 Å². The smallest absolute Gasteiger partial charge is 0.337 e. The van der Waals surface area contributed by atoms with Crippen LogP contribution in [0.5, 0.6) is 11.5 Å². The van der Waals surface area contributed by atoms with Crippen LogP contribution in [0.4, 0.5) is 15.8 Å². The predicted molar refractivity (Wildman–Crippen MR) is 129 cm³/mol. The quantitative estimate of drug-likeness (QED) is 0.295. The zero-order valence-electron chi connectivity index (χ0n) is 17.6. The molecule has 1 unspecified atom stereocenters. The minimum atomic E-state index is -4.46. The Morgan fingerprint density at radius 2 is 1.80 bits per heavy atom. The van der Waals surface area contributed by atoms with Crippen molar-refractivity contribution >= 4 is 54.9 Å². The predicted octanol–water partition coefficient (Wildman–Crippen LogP) is 4.61. The maximum atomic E-state index is 14.7. The van der Waals surface area contributed by atoms with E-state index in [1.165, 1.54) is 30.3 Å². The zero-order chi connectivity index (χ0) is 25.3. The van der Waals surface area contributed by atoms with E-state index in [4.69, 9.17) is 21.1 Å². The third-order valence-corrected chi connectivity index (χ3v) is 7.15. The molecule has 3 aromatic rings. The van der Waals surface area contributed by atoms with Gasteiger partial charge < -0.3 is 25.0 Å². The lowest BCUT2D eigenvalue weighted by molar-refractivity contribution is 0.0697. The topological polar surface area (TPSA) is 134 Å². The fourth-order valence-electron chi connectivity index (χ4n) is 3.32. The van der Waals surface area contributed by atoms with Crippen molar-refractivity contribution in [3.05, 3.63) is 75.0 Å². The molecule has 0 amide bonds. The number of hydrogen-bond acceptors (Lipinski definition) is 7. The number of benzene rings is 3. The molecule has 1 aliphatic rings. The molecule has 184 valence electrons. The second-order valence-corrected chi connectivity index (χ2v) is 10.3. The van der Waals surface area contributed by atoms with Gasteiger partial charge >= 0.3 is 5.97 Å². The van der Waals surface area contributed by atoms with E-state index >= 15 is 0 Å². The maximum absolute atomic E-state index is 14.7. The van der Waals surface area contributed by atoms with Gasteiger partial charge in [0.2, 0.25) is 0 Å². The van der Waals surface area contributed by atoms with E-state index in [-0.39, 0.29) is 27.5 Å². The Kier molecular flexibility index (Phi) is 7.08. The van der Waals surface area contributed by atoms with Crippen molar-refractivity contribution in [2.75, 3.05) is 23.3 Å². The van der Waals surface area contributed by atoms with Crippen LogP contribution in [0.3, 0.4) is 0 Å². The first-order valence-corrected chi connectivity index (χ1v) is 12.6. The Hall–Kier alpha value is -3.06. The van der Waals surface area contributed by atoms with Gasteiger partial charge in [-0.05, 0) is 42.5 Å². The number of hydrogen-bond donors (Lipinski definition) is 4. The van der Waals surface area contributed by atoms with Crippen LogP contribution in [0.15, 0.2) is 57.9 Å². The molecule has 1 heterocycles. The lowest BCUT2D eigenvalue weighted by Gasteiger charge is -2.20. The van der Waals surface area contributed by atoms with Crippen molar-refractivity contribution in [3.63, 3.8) is 0 Å². The average molecular weight is 588 g/mol. The monoisotopic (exact) mass is 586 g/mol. The lowest BCUT2D eigenvalue weighted by Crippen LogP contribution is -2.18. The molecular weight excluding hydrogens is 571 g/mol. The summed E-state index contributed by atoms with van der Waals surface area (Å²) in [6.07, 6.45) is -1.66. The van der Waals surface area contributed by atoms with Gasteiger partial charge in [0.1, 0.15) is 23.9 Å². The first kappa shape index (κ1) is 25.0. The molecule has 0 aliphatic carbocycles. The lowest BCUT2D eigenvalue weighted by atomic mass is 10.1. The van der Waals surface area contributed by atoms with Gasteiger partial charge in [-0.3, -0.25) is 4.72 Å². The number of aliphatic hydroxyl groups excluding tert-OH is 1. The van der Waals surface area contributed by atoms with Gasteiger partial charge in [0.05, 0.1) is 22.0 Å². The van der Waals surface area contributed by atoms with Gasteiger partial charge in [-0.25, -0.2) is 17.6 Å². The molecule has 1 atom stereocenters. The number of carbonyl (C=O) groups is 1. The highest BCUT2D eigenvalue weighted by Crippen LogP contribution is 2.35. The largest absolute Gasteiger partial charge is 0.486 e. The number of carboxylic acids is 1. The standard InChI is InChI=1S/C22H17BrClFN2O7S/c23-11-1-3-17(14(7-11)22(29)30)26-21(28)13-9-20(16(25)10-15(13)24)35(31,32)27-12-2-4-18-19(8-12)34-6-5-33-18/h1-4,7-10,21,26-28H,5-6H2,(H,29,30). The summed E-state index contributed by atoms with van der Waals surface area (Å²) in [4.78, 5) is 10.8. The summed E-state index contributed by atoms with van der Waals surface area (Å²) in [7, 11) is -4.46. The second kappa shape index (κ2) is 9.90. The number of aromatic carboxylic acids is 1. The fourth-order valence-corrected chi connectivity index (χ4v) is 5.08. The van der Waals surface area contributed by atoms with Crippen LogP contribution >= 0.6 is 27.5 Å². The number of aliphatic hydroxyl groups is 1.